The van der Waals surface area contributed by atoms with Crippen molar-refractivity contribution in [2.24, 2.45) is 0 Å². The lowest BCUT2D eigenvalue weighted by molar-refractivity contribution is -0.137. The maximum atomic E-state index is 13.1. The normalized spacial score (nSPS) is 13.4. The highest BCUT2D eigenvalue weighted by Gasteiger charge is 2.31. The van der Waals surface area contributed by atoms with Crippen molar-refractivity contribution in [3.05, 3.63) is 102 Å². The number of aryl methyl sites for hydroxylation is 2. The molecule has 5 aromatic rings. The van der Waals surface area contributed by atoms with Crippen molar-refractivity contribution in [1.29, 1.82) is 0 Å². The molecule has 1 fully saturated rings. The maximum absolute atomic E-state index is 13.1. The van der Waals surface area contributed by atoms with Crippen LogP contribution in [0.4, 0.5) is 47.8 Å². The number of pyridine rings is 1. The van der Waals surface area contributed by atoms with Gasteiger partial charge >= 0.3 is 6.18 Å². The first-order valence-electron chi connectivity index (χ1n) is 14.4. The van der Waals surface area contributed by atoms with Crippen molar-refractivity contribution in [3.8, 4) is 5.82 Å². The number of hydrogen-bond donors (Lipinski definition) is 3. The molecular weight excluding hydrogens is 599 g/mol. The van der Waals surface area contributed by atoms with Crippen LogP contribution in [0.2, 0.25) is 0 Å². The molecule has 4 heterocycles. The van der Waals surface area contributed by atoms with Gasteiger partial charge in [-0.3, -0.25) is 9.36 Å². The minimum Gasteiger partial charge on any atom is -0.378 e. The number of rotatable bonds is 8. The van der Waals surface area contributed by atoms with Gasteiger partial charge in [0.15, 0.2) is 0 Å². The van der Waals surface area contributed by atoms with Crippen molar-refractivity contribution in [1.82, 2.24) is 24.5 Å². The lowest BCUT2D eigenvalue weighted by atomic mass is 10.1. The fraction of sp³-hybridized carbons (Fsp3) is 0.219. The summed E-state index contributed by atoms with van der Waals surface area (Å²) in [5.74, 6) is 1.79. The Labute approximate surface area is 262 Å². The maximum Gasteiger partial charge on any atom is 0.416 e. The van der Waals surface area contributed by atoms with Crippen molar-refractivity contribution in [2.75, 3.05) is 47.2 Å². The predicted octanol–water partition coefficient (Wildman–Crippen LogP) is 6.27. The number of aromatic nitrogens is 5. The van der Waals surface area contributed by atoms with Crippen molar-refractivity contribution in [3.63, 3.8) is 0 Å². The number of hydrogen-bond acceptors (Lipinski definition) is 9. The number of morpholine rings is 1. The largest absolute Gasteiger partial charge is 0.416 e. The first kappa shape index (κ1) is 30.5. The number of carbonyl (C=O) groups excluding carboxylic acids is 1. The molecule has 46 heavy (non-hydrogen) atoms. The number of amides is 1. The summed E-state index contributed by atoms with van der Waals surface area (Å²) in [6.45, 7) is 6.77. The van der Waals surface area contributed by atoms with E-state index in [0.29, 0.717) is 42.2 Å². The van der Waals surface area contributed by atoms with Gasteiger partial charge in [-0.2, -0.15) is 13.2 Å². The summed E-state index contributed by atoms with van der Waals surface area (Å²) < 4.78 is 46.6. The number of anilines is 6. The van der Waals surface area contributed by atoms with Gasteiger partial charge in [0.1, 0.15) is 23.8 Å². The van der Waals surface area contributed by atoms with Crippen LogP contribution in [-0.4, -0.2) is 56.7 Å². The minimum atomic E-state index is -4.55. The van der Waals surface area contributed by atoms with E-state index < -0.39 is 17.6 Å². The van der Waals surface area contributed by atoms with E-state index >= 15 is 0 Å². The SMILES string of the molecule is Cc1ccc(NC(=O)c2cccc(C(F)(F)F)c2)cc1Nc1nccn1-c1cc(Nc2ccc(N3CCOCC3)nc2C)ncn1. The van der Waals surface area contributed by atoms with Crippen LogP contribution in [0.3, 0.4) is 0 Å². The van der Waals surface area contributed by atoms with E-state index in [9.17, 15) is 18.0 Å². The Morgan fingerprint density at radius 2 is 1.72 bits per heavy atom. The van der Waals surface area contributed by atoms with Crippen molar-refractivity contribution < 1.29 is 22.7 Å². The molecule has 0 aliphatic carbocycles. The molecule has 3 N–H and O–H groups in total. The number of benzene rings is 2. The summed E-state index contributed by atoms with van der Waals surface area (Å²) in [6, 6.07) is 15.1. The smallest absolute Gasteiger partial charge is 0.378 e. The van der Waals surface area contributed by atoms with E-state index in [1.54, 1.807) is 41.2 Å². The zero-order valence-corrected chi connectivity index (χ0v) is 25.0. The predicted molar refractivity (Wildman–Crippen MR) is 168 cm³/mol. The van der Waals surface area contributed by atoms with Crippen LogP contribution >= 0.6 is 0 Å². The van der Waals surface area contributed by atoms with Gasteiger partial charge in [-0.1, -0.05) is 12.1 Å². The fourth-order valence-electron chi connectivity index (χ4n) is 4.91. The average Bonchev–Trinajstić information content (AvgIpc) is 3.52. The number of carbonyl (C=O) groups is 1. The molecule has 2 aromatic carbocycles. The van der Waals surface area contributed by atoms with E-state index in [1.807, 2.05) is 26.0 Å². The zero-order chi connectivity index (χ0) is 32.3. The van der Waals surface area contributed by atoms with Gasteiger partial charge < -0.3 is 25.6 Å². The molecule has 236 valence electrons. The molecule has 0 bridgehead atoms. The van der Waals surface area contributed by atoms with Gasteiger partial charge in [-0.05, 0) is 61.9 Å². The summed E-state index contributed by atoms with van der Waals surface area (Å²) in [6.07, 6.45) is 0.254. The van der Waals surface area contributed by atoms with Gasteiger partial charge in [-0.15, -0.1) is 0 Å². The third-order valence-corrected chi connectivity index (χ3v) is 7.40. The molecule has 0 atom stereocenters. The molecule has 14 heteroatoms. The summed E-state index contributed by atoms with van der Waals surface area (Å²) in [4.78, 5) is 33.0. The first-order valence-corrected chi connectivity index (χ1v) is 14.4. The lowest BCUT2D eigenvalue weighted by Gasteiger charge is -2.28. The highest BCUT2D eigenvalue weighted by molar-refractivity contribution is 6.04. The van der Waals surface area contributed by atoms with Gasteiger partial charge in [0.2, 0.25) is 5.95 Å². The summed E-state index contributed by atoms with van der Waals surface area (Å²) in [5.41, 5.74) is 2.51. The molecule has 0 unspecified atom stereocenters. The molecular formula is C32H30F3N9O2. The number of imidazole rings is 1. The van der Waals surface area contributed by atoms with Gasteiger partial charge in [0.25, 0.3) is 5.91 Å². The lowest BCUT2D eigenvalue weighted by Crippen LogP contribution is -2.36. The highest BCUT2D eigenvalue weighted by atomic mass is 19.4. The molecule has 1 amide bonds. The number of nitrogens with zero attached hydrogens (tertiary/aromatic N) is 6. The quantitative estimate of drug-likeness (QED) is 0.182. The summed E-state index contributed by atoms with van der Waals surface area (Å²) in [5, 5.41) is 9.26. The van der Waals surface area contributed by atoms with Crippen LogP contribution in [0.1, 0.15) is 27.2 Å². The summed E-state index contributed by atoms with van der Waals surface area (Å²) >= 11 is 0. The third kappa shape index (κ3) is 6.91. The van der Waals surface area contributed by atoms with E-state index in [1.165, 1.54) is 18.5 Å². The number of ether oxygens (including phenoxy) is 1. The number of nitrogens with one attached hydrogen (secondary N) is 3. The molecule has 6 rings (SSSR count). The van der Waals surface area contributed by atoms with E-state index in [0.717, 1.165) is 48.0 Å². The second-order valence-electron chi connectivity index (χ2n) is 10.6. The average molecular weight is 630 g/mol. The molecule has 11 nitrogen and oxygen atoms in total. The molecule has 0 radical (unpaired) electrons. The Kier molecular flexibility index (Phi) is 8.53. The van der Waals surface area contributed by atoms with E-state index in [-0.39, 0.29) is 5.56 Å². The van der Waals surface area contributed by atoms with E-state index in [4.69, 9.17) is 9.72 Å². The second kappa shape index (κ2) is 12.9. The minimum absolute atomic E-state index is 0.104. The summed E-state index contributed by atoms with van der Waals surface area (Å²) in [7, 11) is 0. The van der Waals surface area contributed by atoms with Crippen LogP contribution in [0.15, 0.2) is 79.4 Å². The van der Waals surface area contributed by atoms with Crippen LogP contribution in [-0.2, 0) is 10.9 Å². The Morgan fingerprint density at radius 3 is 2.50 bits per heavy atom. The molecule has 0 saturated carbocycles. The first-order chi connectivity index (χ1) is 22.1. The standard InChI is InChI=1S/C32H30F3N9O2/c1-20-6-7-24(40-30(45)22-4-3-5-23(16-22)32(33,34)35)17-26(20)42-31-36-10-11-44(31)29-18-27(37-19-38-29)41-25-8-9-28(39-21(25)2)43-12-14-46-15-13-43/h3-11,16-19H,12-15H2,1-2H3,(H,36,42)(H,40,45)(H,37,38,41). The monoisotopic (exact) mass is 629 g/mol. The second-order valence-corrected chi connectivity index (χ2v) is 10.6. The molecule has 1 saturated heterocycles. The molecule has 0 spiro atoms. The Bertz CT molecular complexity index is 1870. The Hall–Kier alpha value is -5.50. The van der Waals surface area contributed by atoms with Gasteiger partial charge in [-0.25, -0.2) is 19.9 Å². The number of halogens is 3. The fourth-order valence-corrected chi connectivity index (χ4v) is 4.91. The van der Waals surface area contributed by atoms with Gasteiger partial charge in [0, 0.05) is 48.5 Å². The van der Waals surface area contributed by atoms with Crippen LogP contribution < -0.4 is 20.9 Å². The molecule has 1 aliphatic rings. The number of alkyl halides is 3. The third-order valence-electron chi connectivity index (χ3n) is 7.40. The topological polar surface area (TPSA) is 122 Å². The van der Waals surface area contributed by atoms with Crippen molar-refractivity contribution in [2.45, 2.75) is 20.0 Å². The Balaban J connectivity index is 1.17. The van der Waals surface area contributed by atoms with Crippen LogP contribution in [0.25, 0.3) is 5.82 Å². The highest BCUT2D eigenvalue weighted by Crippen LogP contribution is 2.30. The molecule has 3 aromatic heterocycles. The van der Waals surface area contributed by atoms with Gasteiger partial charge in [0.05, 0.1) is 30.2 Å². The van der Waals surface area contributed by atoms with Crippen LogP contribution in [0, 0.1) is 13.8 Å². The Morgan fingerprint density at radius 1 is 0.891 bits per heavy atom. The van der Waals surface area contributed by atoms with Crippen molar-refractivity contribution >= 4 is 40.6 Å². The van der Waals surface area contributed by atoms with Crippen LogP contribution in [0.5, 0.6) is 0 Å². The van der Waals surface area contributed by atoms with E-state index in [2.05, 4.69) is 35.8 Å². The zero-order valence-electron chi connectivity index (χ0n) is 25.0. The molecule has 1 aliphatic heterocycles.